The number of nitrogens with two attached hydrogens (primary N) is 1. The van der Waals surface area contributed by atoms with Crippen LogP contribution < -0.4 is 11.1 Å². The summed E-state index contributed by atoms with van der Waals surface area (Å²) in [5.74, 6) is -0.876. The molecule has 8 heteroatoms. The summed E-state index contributed by atoms with van der Waals surface area (Å²) in [6.07, 6.45) is 0.0350. The van der Waals surface area contributed by atoms with Crippen LogP contribution in [0.3, 0.4) is 0 Å². The highest BCUT2D eigenvalue weighted by Crippen LogP contribution is 2.22. The van der Waals surface area contributed by atoms with Gasteiger partial charge in [0.05, 0.1) is 5.69 Å². The van der Waals surface area contributed by atoms with Crippen molar-refractivity contribution >= 4 is 21.6 Å². The molecule has 0 atom stereocenters. The third-order valence-corrected chi connectivity index (χ3v) is 4.52. The number of nitrogens with zero attached hydrogens (tertiary/aromatic N) is 1. The van der Waals surface area contributed by atoms with E-state index in [1.165, 1.54) is 14.1 Å². The molecule has 3 N–H and O–H groups in total. The van der Waals surface area contributed by atoms with Crippen molar-refractivity contribution < 1.29 is 17.6 Å². The molecule has 1 rings (SSSR count). The van der Waals surface area contributed by atoms with Crippen LogP contribution in [0.1, 0.15) is 6.42 Å². The van der Waals surface area contributed by atoms with Crippen LogP contribution in [0.4, 0.5) is 10.1 Å². The lowest BCUT2D eigenvalue weighted by Gasteiger charge is -2.17. The number of nitrogen functional groups attached to an aromatic ring is 1. The molecule has 0 aliphatic heterocycles. The van der Waals surface area contributed by atoms with Crippen LogP contribution in [0, 0.1) is 5.82 Å². The maximum absolute atomic E-state index is 12.9. The Morgan fingerprint density at radius 2 is 2.11 bits per heavy atom. The van der Waals surface area contributed by atoms with E-state index in [-0.39, 0.29) is 29.5 Å². The number of nitrogens with one attached hydrogen (secondary N) is 1. The molecule has 19 heavy (non-hydrogen) atoms. The van der Waals surface area contributed by atoms with Crippen molar-refractivity contribution in [1.29, 1.82) is 0 Å². The minimum Gasteiger partial charge on any atom is -0.398 e. The molecule has 0 fully saturated rings. The summed E-state index contributed by atoms with van der Waals surface area (Å²) in [5, 5.41) is 2.40. The van der Waals surface area contributed by atoms with Crippen molar-refractivity contribution in [3.63, 3.8) is 0 Å². The van der Waals surface area contributed by atoms with Gasteiger partial charge in [0.25, 0.3) is 0 Å². The summed E-state index contributed by atoms with van der Waals surface area (Å²) >= 11 is 0. The fourth-order valence-corrected chi connectivity index (χ4v) is 2.69. The van der Waals surface area contributed by atoms with Gasteiger partial charge in [-0.25, -0.2) is 17.1 Å². The number of anilines is 1. The molecule has 0 bridgehead atoms. The predicted octanol–water partition coefficient (Wildman–Crippen LogP) is 0.165. The van der Waals surface area contributed by atoms with Crippen LogP contribution in [0.5, 0.6) is 0 Å². The lowest BCUT2D eigenvalue weighted by molar-refractivity contribution is -0.120. The normalized spacial score (nSPS) is 11.6. The van der Waals surface area contributed by atoms with Gasteiger partial charge in [0.2, 0.25) is 15.9 Å². The van der Waals surface area contributed by atoms with Crippen LogP contribution in [-0.2, 0) is 14.8 Å². The Hall–Kier alpha value is -1.67. The molecule has 1 aromatic carbocycles. The van der Waals surface area contributed by atoms with Gasteiger partial charge in [-0.1, -0.05) is 0 Å². The average molecular weight is 289 g/mol. The van der Waals surface area contributed by atoms with Gasteiger partial charge >= 0.3 is 0 Å². The number of carbonyl (C=O) groups is 1. The zero-order valence-corrected chi connectivity index (χ0v) is 11.5. The van der Waals surface area contributed by atoms with E-state index < -0.39 is 15.8 Å². The van der Waals surface area contributed by atoms with Crippen LogP contribution in [0.25, 0.3) is 0 Å². The van der Waals surface area contributed by atoms with Crippen molar-refractivity contribution in [2.45, 2.75) is 11.3 Å². The van der Waals surface area contributed by atoms with Crippen LogP contribution >= 0.6 is 0 Å². The smallest absolute Gasteiger partial charge is 0.244 e. The topological polar surface area (TPSA) is 92.5 Å². The Bertz CT molecular complexity index is 575. The molecule has 0 saturated heterocycles. The van der Waals surface area contributed by atoms with E-state index in [4.69, 9.17) is 5.73 Å². The van der Waals surface area contributed by atoms with E-state index in [9.17, 15) is 17.6 Å². The molecule has 0 aliphatic carbocycles. The van der Waals surface area contributed by atoms with Gasteiger partial charge in [0.15, 0.2) is 0 Å². The highest BCUT2D eigenvalue weighted by molar-refractivity contribution is 7.89. The molecule has 106 valence electrons. The number of benzene rings is 1. The summed E-state index contributed by atoms with van der Waals surface area (Å²) in [4.78, 5) is 10.9. The maximum Gasteiger partial charge on any atom is 0.244 e. The highest BCUT2D eigenvalue weighted by Gasteiger charge is 2.23. The molecule has 0 heterocycles. The van der Waals surface area contributed by atoms with Gasteiger partial charge in [0, 0.05) is 27.1 Å². The summed E-state index contributed by atoms with van der Waals surface area (Å²) < 4.78 is 38.2. The first kappa shape index (κ1) is 15.4. The molecule has 1 aromatic rings. The largest absolute Gasteiger partial charge is 0.398 e. The summed E-state index contributed by atoms with van der Waals surface area (Å²) in [7, 11) is -1.03. The minimum absolute atomic E-state index is 0.0127. The first-order valence-corrected chi connectivity index (χ1v) is 6.95. The number of sulfonamides is 1. The van der Waals surface area contributed by atoms with Gasteiger partial charge in [-0.15, -0.1) is 0 Å². The van der Waals surface area contributed by atoms with Gasteiger partial charge in [-0.3, -0.25) is 4.79 Å². The fourth-order valence-electron chi connectivity index (χ4n) is 1.43. The lowest BCUT2D eigenvalue weighted by Crippen LogP contribution is -2.31. The Labute approximate surface area is 111 Å². The molecule has 0 aliphatic rings. The first-order valence-electron chi connectivity index (χ1n) is 5.51. The van der Waals surface area contributed by atoms with E-state index in [1.54, 1.807) is 0 Å². The number of carbonyl (C=O) groups excluding carboxylic acids is 1. The molecule has 0 aromatic heterocycles. The number of amides is 1. The molecule has 1 amide bonds. The minimum atomic E-state index is -3.83. The van der Waals surface area contributed by atoms with E-state index in [0.29, 0.717) is 0 Å². The second kappa shape index (κ2) is 5.98. The predicted molar refractivity (Wildman–Crippen MR) is 69.3 cm³/mol. The van der Waals surface area contributed by atoms with Crippen LogP contribution in [0.2, 0.25) is 0 Å². The van der Waals surface area contributed by atoms with Gasteiger partial charge in [-0.05, 0) is 18.2 Å². The summed E-state index contributed by atoms with van der Waals surface area (Å²) in [6.45, 7) is 0.0127. The first-order chi connectivity index (χ1) is 8.78. The fraction of sp³-hybridized carbons (Fsp3) is 0.364. The summed E-state index contributed by atoms with van der Waals surface area (Å²) in [6, 6.07) is 3.08. The second-order valence-corrected chi connectivity index (χ2v) is 5.95. The zero-order chi connectivity index (χ0) is 14.6. The van der Waals surface area contributed by atoms with Gasteiger partial charge < -0.3 is 11.1 Å². The quantitative estimate of drug-likeness (QED) is 0.755. The Balaban J connectivity index is 2.94. The molecule has 0 unspecified atom stereocenters. The number of hydrogen-bond donors (Lipinski definition) is 2. The Morgan fingerprint density at radius 1 is 1.47 bits per heavy atom. The van der Waals surface area contributed by atoms with E-state index >= 15 is 0 Å². The van der Waals surface area contributed by atoms with Crippen molar-refractivity contribution in [2.24, 2.45) is 0 Å². The molecule has 0 saturated carbocycles. The standard InChI is InChI=1S/C11H16FN3O3S/c1-14-11(16)5-6-15(2)19(17,18)10-4-3-8(12)7-9(10)13/h3-4,7H,5-6,13H2,1-2H3,(H,14,16). The molecule has 6 nitrogen and oxygen atoms in total. The third-order valence-electron chi connectivity index (χ3n) is 2.59. The molecule has 0 radical (unpaired) electrons. The summed E-state index contributed by atoms with van der Waals surface area (Å²) in [5.41, 5.74) is 5.34. The van der Waals surface area contributed by atoms with Crippen molar-refractivity contribution in [2.75, 3.05) is 26.4 Å². The molecular formula is C11H16FN3O3S. The van der Waals surface area contributed by atoms with Crippen molar-refractivity contribution in [1.82, 2.24) is 9.62 Å². The van der Waals surface area contributed by atoms with E-state index in [2.05, 4.69) is 5.32 Å². The zero-order valence-electron chi connectivity index (χ0n) is 10.7. The SMILES string of the molecule is CNC(=O)CCN(C)S(=O)(=O)c1ccc(F)cc1N. The van der Waals surface area contributed by atoms with E-state index in [0.717, 1.165) is 22.5 Å². The number of hydrogen-bond acceptors (Lipinski definition) is 4. The van der Waals surface area contributed by atoms with E-state index in [1.807, 2.05) is 0 Å². The Morgan fingerprint density at radius 3 is 2.63 bits per heavy atom. The van der Waals surface area contributed by atoms with Crippen molar-refractivity contribution in [3.05, 3.63) is 24.0 Å². The number of rotatable bonds is 5. The third kappa shape index (κ3) is 3.65. The monoisotopic (exact) mass is 289 g/mol. The Kier molecular flexibility index (Phi) is 4.84. The van der Waals surface area contributed by atoms with Crippen LogP contribution in [0.15, 0.2) is 23.1 Å². The maximum atomic E-state index is 12.9. The lowest BCUT2D eigenvalue weighted by atomic mass is 10.3. The van der Waals surface area contributed by atoms with Gasteiger partial charge in [-0.2, -0.15) is 0 Å². The number of halogens is 1. The average Bonchev–Trinajstić information content (AvgIpc) is 2.34. The molecule has 0 spiro atoms. The highest BCUT2D eigenvalue weighted by atomic mass is 32.2. The van der Waals surface area contributed by atoms with Gasteiger partial charge in [0.1, 0.15) is 10.7 Å². The molecular weight excluding hydrogens is 273 g/mol. The van der Waals surface area contributed by atoms with Crippen molar-refractivity contribution in [3.8, 4) is 0 Å². The second-order valence-electron chi connectivity index (χ2n) is 3.93. The van der Waals surface area contributed by atoms with Crippen LogP contribution in [-0.4, -0.2) is 39.3 Å².